The fraction of sp³-hybridized carbons (Fsp3) is 0.656. The average Bonchev–Trinajstić information content (AvgIpc) is 3.90. The monoisotopic (exact) mass is 985 g/mol. The van der Waals surface area contributed by atoms with Crippen molar-refractivity contribution in [3.63, 3.8) is 0 Å². The van der Waals surface area contributed by atoms with Crippen LogP contribution >= 0.6 is 0 Å². The highest BCUT2D eigenvalue weighted by Crippen LogP contribution is 2.68. The van der Waals surface area contributed by atoms with Crippen molar-refractivity contribution in [3.8, 4) is 0 Å². The molecule has 4 fully saturated rings. The van der Waals surface area contributed by atoms with Crippen molar-refractivity contribution in [1.82, 2.24) is 9.97 Å². The second-order valence-electron chi connectivity index (χ2n) is 24.6. The van der Waals surface area contributed by atoms with Crippen molar-refractivity contribution in [1.29, 1.82) is 0 Å². The molecule has 388 valence electrons. The highest BCUT2D eigenvalue weighted by Gasteiger charge is 2.59. The summed E-state index contributed by atoms with van der Waals surface area (Å²) >= 11 is 0. The predicted molar refractivity (Wildman–Crippen MR) is 276 cm³/mol. The van der Waals surface area contributed by atoms with E-state index in [0.717, 1.165) is 77.0 Å². The van der Waals surface area contributed by atoms with Crippen LogP contribution in [0.25, 0.3) is 11.1 Å². The molecule has 0 N–H and O–H groups in total. The van der Waals surface area contributed by atoms with Gasteiger partial charge in [-0.3, -0.25) is 9.97 Å². The highest BCUT2D eigenvalue weighted by atomic mass is 16.8. The number of aromatic nitrogens is 2. The van der Waals surface area contributed by atoms with E-state index in [4.69, 9.17) is 28.4 Å². The molecule has 0 bridgehead atoms. The van der Waals surface area contributed by atoms with E-state index < -0.39 is 30.7 Å². The molecule has 2 unspecified atom stereocenters. The lowest BCUT2D eigenvalue weighted by atomic mass is 9.46. The van der Waals surface area contributed by atoms with Gasteiger partial charge in [0.05, 0.1) is 12.2 Å². The maximum Gasteiger partial charge on any atom is 0.508 e. The van der Waals surface area contributed by atoms with Crippen LogP contribution in [0.5, 0.6) is 0 Å². The van der Waals surface area contributed by atoms with Gasteiger partial charge in [0.1, 0.15) is 25.4 Å². The molecule has 2 heterocycles. The zero-order valence-corrected chi connectivity index (χ0v) is 44.2. The molecule has 4 saturated carbocycles. The van der Waals surface area contributed by atoms with Crippen molar-refractivity contribution in [2.75, 3.05) is 13.2 Å². The molecule has 0 spiro atoms. The van der Waals surface area contributed by atoms with Gasteiger partial charge in [-0.05, 0) is 209 Å². The van der Waals surface area contributed by atoms with Crippen LogP contribution in [0.15, 0.2) is 84.5 Å². The van der Waals surface area contributed by atoms with Gasteiger partial charge in [-0.25, -0.2) is 14.4 Å². The number of hydrogen-bond donors (Lipinski definition) is 0. The predicted octanol–water partition coefficient (Wildman–Crippen LogP) is 14.3. The topological polar surface area (TPSA) is 132 Å². The van der Waals surface area contributed by atoms with E-state index in [9.17, 15) is 14.4 Å². The molecule has 0 amide bonds. The maximum atomic E-state index is 13.7. The van der Waals surface area contributed by atoms with E-state index in [0.29, 0.717) is 35.5 Å². The Hall–Kier alpha value is -4.93. The Kier molecular flexibility index (Phi) is 14.1. The molecule has 14 atom stereocenters. The van der Waals surface area contributed by atoms with Gasteiger partial charge in [-0.1, -0.05) is 75.3 Å². The quantitative estimate of drug-likeness (QED) is 0.114. The van der Waals surface area contributed by atoms with E-state index in [1.165, 1.54) is 46.3 Å². The standard InChI is InChI=1S/C61H80N2O9/c1-37(2)69-56(65)71-53(39-21-25-58(5)43(31-39)13-15-45-49-19-17-47(41-11-9-29-62-33-41)60(49,7)27-23-51(45)58)35-67-55(64)68-36-54(72-57(66)70-38(3)4)40-22-26-59(6)44(32-40)14-16-46-50-20-18-48(42-12-10-30-63-34-42)61(50,8)28-24-52(46)59/h9-14,17-18,29-30,33-34,37-40,45-46,49-54H,15-16,19-28,31-32,35-36H2,1-8H3/t39-,40-,45-,46-,49-,50-,51-,52-,53?,54?,58-,59-,60+,61+/m0/s1. The van der Waals surface area contributed by atoms with Gasteiger partial charge in [-0.15, -0.1) is 0 Å². The number of hydrogen-bond acceptors (Lipinski definition) is 11. The molecule has 11 heteroatoms. The molecule has 8 aliphatic rings. The summed E-state index contributed by atoms with van der Waals surface area (Å²) in [6.07, 6.45) is 27.2. The molecule has 0 aromatic carbocycles. The number of nitrogens with zero attached hydrogens (tertiary/aromatic N) is 2. The van der Waals surface area contributed by atoms with Crippen LogP contribution < -0.4 is 0 Å². The molecule has 0 saturated heterocycles. The minimum atomic E-state index is -0.894. The third kappa shape index (κ3) is 9.34. The lowest BCUT2D eigenvalue weighted by Gasteiger charge is -2.58. The second kappa shape index (κ2) is 20.1. The molecular weight excluding hydrogens is 905 g/mol. The summed E-state index contributed by atoms with van der Waals surface area (Å²) in [5, 5.41) is 0. The lowest BCUT2D eigenvalue weighted by molar-refractivity contribution is -0.0730. The maximum absolute atomic E-state index is 13.7. The number of fused-ring (bicyclic) bond motifs is 10. The number of rotatable bonds is 12. The van der Waals surface area contributed by atoms with Gasteiger partial charge >= 0.3 is 18.5 Å². The molecule has 0 aliphatic heterocycles. The van der Waals surface area contributed by atoms with Crippen molar-refractivity contribution in [3.05, 3.63) is 95.6 Å². The molecule has 2 aromatic rings. The Balaban J connectivity index is 0.788. The van der Waals surface area contributed by atoms with E-state index >= 15 is 0 Å². The number of carbonyl (C=O) groups is 3. The number of ether oxygens (including phenoxy) is 6. The molecular formula is C61H80N2O9. The van der Waals surface area contributed by atoms with Crippen LogP contribution in [0.1, 0.15) is 156 Å². The summed E-state index contributed by atoms with van der Waals surface area (Å²) in [4.78, 5) is 48.9. The summed E-state index contributed by atoms with van der Waals surface area (Å²) < 4.78 is 34.7. The van der Waals surface area contributed by atoms with Crippen molar-refractivity contribution >= 4 is 29.6 Å². The van der Waals surface area contributed by atoms with Gasteiger partial charge in [0.2, 0.25) is 0 Å². The Morgan fingerprint density at radius 1 is 0.528 bits per heavy atom. The van der Waals surface area contributed by atoms with E-state index in [2.05, 4.69) is 74.1 Å². The lowest BCUT2D eigenvalue weighted by Crippen LogP contribution is -2.50. The minimum absolute atomic E-state index is 0.0498. The SMILES string of the molecule is CC(C)OC(=O)OC(COC(=O)OCC(OC(=O)OC(C)C)[C@H]1CC[C@@]2(C)C(=CC[C@@H]3[C@@H]2CC[C@]2(C)C(c4cccnc4)=CC[C@@H]32)C1)[C@H]1CC[C@@]2(C)C(=CC[C@@H]3[C@@H]2CC[C@]2(C)C(c4cccnc4)=CC[C@@H]32)C1. The summed E-state index contributed by atoms with van der Waals surface area (Å²) in [7, 11) is 0. The Morgan fingerprint density at radius 3 is 1.33 bits per heavy atom. The average molecular weight is 985 g/mol. The molecule has 2 aromatic heterocycles. The first kappa shape index (κ1) is 50.6. The number of allylic oxidation sites excluding steroid dienone is 8. The Morgan fingerprint density at radius 2 is 0.944 bits per heavy atom. The second-order valence-corrected chi connectivity index (χ2v) is 24.6. The third-order valence-corrected chi connectivity index (χ3v) is 20.3. The molecule has 8 aliphatic carbocycles. The van der Waals surface area contributed by atoms with Crippen LogP contribution in [-0.4, -0.2) is 66.1 Å². The first-order chi connectivity index (χ1) is 34.5. The zero-order valence-electron chi connectivity index (χ0n) is 44.2. The Bertz CT molecular complexity index is 2300. The molecule has 10 rings (SSSR count). The summed E-state index contributed by atoms with van der Waals surface area (Å²) in [6, 6.07) is 8.52. The first-order valence-electron chi connectivity index (χ1n) is 27.7. The summed E-state index contributed by atoms with van der Waals surface area (Å²) in [5.41, 5.74) is 8.69. The molecule has 0 radical (unpaired) electrons. The van der Waals surface area contributed by atoms with Crippen molar-refractivity contribution in [2.24, 2.45) is 69.0 Å². The van der Waals surface area contributed by atoms with E-state index in [-0.39, 0.29) is 58.9 Å². The summed E-state index contributed by atoms with van der Waals surface area (Å²) in [6.45, 7) is 16.7. The number of pyridine rings is 2. The normalized spacial score (nSPS) is 36.2. The summed E-state index contributed by atoms with van der Waals surface area (Å²) in [5.74, 6) is 3.39. The van der Waals surface area contributed by atoms with Crippen LogP contribution in [0.2, 0.25) is 0 Å². The largest absolute Gasteiger partial charge is 0.508 e. The molecule has 11 nitrogen and oxygen atoms in total. The molecule has 72 heavy (non-hydrogen) atoms. The minimum Gasteiger partial charge on any atom is -0.432 e. The smallest absolute Gasteiger partial charge is 0.432 e. The van der Waals surface area contributed by atoms with Crippen LogP contribution in [-0.2, 0) is 28.4 Å². The highest BCUT2D eigenvalue weighted by molar-refractivity contribution is 5.73. The van der Waals surface area contributed by atoms with Gasteiger partial charge in [0.15, 0.2) is 0 Å². The van der Waals surface area contributed by atoms with E-state index in [1.807, 2.05) is 36.9 Å². The number of carbonyl (C=O) groups excluding carboxylic acids is 3. The Labute approximate surface area is 428 Å². The van der Waals surface area contributed by atoms with E-state index in [1.54, 1.807) is 27.7 Å². The van der Waals surface area contributed by atoms with Gasteiger partial charge < -0.3 is 28.4 Å². The fourth-order valence-electron chi connectivity index (χ4n) is 16.6. The first-order valence-corrected chi connectivity index (χ1v) is 27.7. The van der Waals surface area contributed by atoms with Gasteiger partial charge in [0, 0.05) is 36.6 Å². The van der Waals surface area contributed by atoms with Crippen molar-refractivity contribution in [2.45, 2.75) is 170 Å². The fourth-order valence-corrected chi connectivity index (χ4v) is 16.6. The zero-order chi connectivity index (χ0) is 50.6. The van der Waals surface area contributed by atoms with Gasteiger partial charge in [-0.2, -0.15) is 0 Å². The van der Waals surface area contributed by atoms with Crippen molar-refractivity contribution < 1.29 is 42.8 Å². The van der Waals surface area contributed by atoms with Gasteiger partial charge in [0.25, 0.3) is 0 Å². The third-order valence-electron chi connectivity index (χ3n) is 20.3. The van der Waals surface area contributed by atoms with Crippen LogP contribution in [0, 0.1) is 69.0 Å². The van der Waals surface area contributed by atoms with Crippen LogP contribution in [0.4, 0.5) is 14.4 Å². The van der Waals surface area contributed by atoms with Crippen LogP contribution in [0.3, 0.4) is 0 Å².